The Balaban J connectivity index is 1.45. The summed E-state index contributed by atoms with van der Waals surface area (Å²) in [6.45, 7) is 2.04. The van der Waals surface area contributed by atoms with Crippen molar-refractivity contribution in [1.82, 2.24) is 14.1 Å². The van der Waals surface area contributed by atoms with E-state index in [1.54, 1.807) is 31.2 Å². The van der Waals surface area contributed by atoms with Gasteiger partial charge in [-0.3, -0.25) is 9.59 Å². The fourth-order valence-electron chi connectivity index (χ4n) is 3.69. The van der Waals surface area contributed by atoms with Crippen molar-refractivity contribution in [2.45, 2.75) is 24.7 Å². The Morgan fingerprint density at radius 3 is 2.29 bits per heavy atom. The van der Waals surface area contributed by atoms with Crippen molar-refractivity contribution in [3.05, 3.63) is 87.8 Å². The molecule has 0 bridgehead atoms. The topological polar surface area (TPSA) is 116 Å². The fourth-order valence-corrected chi connectivity index (χ4v) is 5.21. The van der Waals surface area contributed by atoms with E-state index in [-0.39, 0.29) is 10.5 Å². The maximum Gasteiger partial charge on any atom is 0.363 e. The van der Waals surface area contributed by atoms with Crippen LogP contribution in [0.25, 0.3) is 5.69 Å². The molecule has 1 fully saturated rings. The van der Waals surface area contributed by atoms with Crippen LogP contribution in [0.5, 0.6) is 0 Å². The van der Waals surface area contributed by atoms with Crippen molar-refractivity contribution >= 4 is 21.8 Å². The van der Waals surface area contributed by atoms with Crippen LogP contribution < -0.4 is 5.43 Å². The van der Waals surface area contributed by atoms with E-state index in [1.165, 1.54) is 39.3 Å². The van der Waals surface area contributed by atoms with Crippen LogP contribution in [0, 0.1) is 6.92 Å². The van der Waals surface area contributed by atoms with Crippen molar-refractivity contribution in [2.24, 2.45) is 0 Å². The Labute approximate surface area is 196 Å². The van der Waals surface area contributed by atoms with E-state index in [4.69, 9.17) is 4.74 Å². The highest BCUT2D eigenvalue weighted by atomic mass is 32.2. The molecule has 0 unspecified atom stereocenters. The third kappa shape index (κ3) is 4.82. The highest BCUT2D eigenvalue weighted by Gasteiger charge is 2.27. The number of carbonyl (C=O) groups excluding carboxylic acids is 2. The van der Waals surface area contributed by atoms with Gasteiger partial charge in [0, 0.05) is 30.4 Å². The molecule has 176 valence electrons. The molecule has 1 aromatic heterocycles. The minimum atomic E-state index is -3.59. The summed E-state index contributed by atoms with van der Waals surface area (Å²) in [7, 11) is -3.59. The molecule has 0 atom stereocenters. The summed E-state index contributed by atoms with van der Waals surface area (Å²) in [5.74, 6) is -1.55. The molecule has 0 amide bonds. The zero-order valence-electron chi connectivity index (χ0n) is 18.5. The second-order valence-electron chi connectivity index (χ2n) is 7.88. The van der Waals surface area contributed by atoms with Crippen LogP contribution in [0.15, 0.2) is 70.4 Å². The van der Waals surface area contributed by atoms with Crippen LogP contribution in [0.3, 0.4) is 0 Å². The van der Waals surface area contributed by atoms with E-state index in [2.05, 4.69) is 5.10 Å². The lowest BCUT2D eigenvalue weighted by atomic mass is 10.1. The minimum absolute atomic E-state index is 0.105. The third-order valence-corrected chi connectivity index (χ3v) is 7.43. The molecule has 4 rings (SSSR count). The van der Waals surface area contributed by atoms with E-state index < -0.39 is 39.5 Å². The molecule has 1 saturated heterocycles. The van der Waals surface area contributed by atoms with E-state index in [0.29, 0.717) is 24.5 Å². The maximum absolute atomic E-state index is 12.6. The van der Waals surface area contributed by atoms with Crippen molar-refractivity contribution in [1.29, 1.82) is 0 Å². The van der Waals surface area contributed by atoms with E-state index in [1.807, 2.05) is 6.07 Å². The zero-order valence-corrected chi connectivity index (χ0v) is 19.3. The number of para-hydroxylation sites is 1. The zero-order chi connectivity index (χ0) is 24.3. The predicted molar refractivity (Wildman–Crippen MR) is 124 cm³/mol. The average molecular weight is 482 g/mol. The number of rotatable bonds is 7. The molecule has 0 N–H and O–H groups in total. The molecule has 0 aliphatic carbocycles. The normalized spacial score (nSPS) is 14.1. The van der Waals surface area contributed by atoms with Crippen LogP contribution in [0.2, 0.25) is 0 Å². The number of hydrogen-bond donors (Lipinski definition) is 0. The summed E-state index contributed by atoms with van der Waals surface area (Å²) in [5.41, 5.74) is 0.335. The molecule has 10 heteroatoms. The van der Waals surface area contributed by atoms with Gasteiger partial charge in [0.05, 0.1) is 10.6 Å². The monoisotopic (exact) mass is 481 g/mol. The summed E-state index contributed by atoms with van der Waals surface area (Å²) in [6.07, 6.45) is 1.65. The number of esters is 1. The van der Waals surface area contributed by atoms with Crippen LogP contribution >= 0.6 is 0 Å². The first-order valence-corrected chi connectivity index (χ1v) is 12.2. The first-order valence-electron chi connectivity index (χ1n) is 10.7. The molecular weight excluding hydrogens is 458 g/mol. The van der Waals surface area contributed by atoms with Gasteiger partial charge in [0.15, 0.2) is 12.4 Å². The van der Waals surface area contributed by atoms with Gasteiger partial charge in [-0.2, -0.15) is 9.40 Å². The highest BCUT2D eigenvalue weighted by Crippen LogP contribution is 2.21. The van der Waals surface area contributed by atoms with Gasteiger partial charge in [0.2, 0.25) is 21.1 Å². The number of hydrogen-bond acceptors (Lipinski definition) is 7. The SMILES string of the molecule is Cc1cc(=O)c(C(=O)OCC(=O)c2ccc(S(=O)(=O)N3CCCC3)cc2)nn1-c1ccccc1. The lowest BCUT2D eigenvalue weighted by Crippen LogP contribution is -2.28. The predicted octanol–water partition coefficient (Wildman–Crippen LogP) is 2.37. The fraction of sp³-hybridized carbons (Fsp3) is 0.250. The summed E-state index contributed by atoms with van der Waals surface area (Å²) in [4.78, 5) is 37.4. The number of sulfonamides is 1. The number of Topliss-reactive ketones (excluding diaryl/α,β-unsaturated/α-hetero) is 1. The minimum Gasteiger partial charge on any atom is -0.452 e. The number of aryl methyl sites for hydroxylation is 1. The molecule has 9 nitrogen and oxygen atoms in total. The molecule has 2 heterocycles. The molecule has 0 radical (unpaired) electrons. The Morgan fingerprint density at radius 1 is 1.00 bits per heavy atom. The van der Waals surface area contributed by atoms with E-state index in [9.17, 15) is 22.8 Å². The lowest BCUT2D eigenvalue weighted by Gasteiger charge is -2.15. The number of ether oxygens (including phenoxy) is 1. The Hall–Kier alpha value is -3.63. The maximum atomic E-state index is 12.6. The third-order valence-electron chi connectivity index (χ3n) is 5.52. The smallest absolute Gasteiger partial charge is 0.363 e. The summed E-state index contributed by atoms with van der Waals surface area (Å²) >= 11 is 0. The molecule has 0 spiro atoms. The van der Waals surface area contributed by atoms with Gasteiger partial charge in [0.25, 0.3) is 0 Å². The number of aromatic nitrogens is 2. The van der Waals surface area contributed by atoms with Crippen LogP contribution in [-0.2, 0) is 14.8 Å². The van der Waals surface area contributed by atoms with Crippen LogP contribution in [0.1, 0.15) is 39.4 Å². The first-order chi connectivity index (χ1) is 16.3. The number of ketones is 1. The Bertz CT molecular complexity index is 1380. The van der Waals surface area contributed by atoms with Crippen LogP contribution in [-0.4, -0.2) is 54.0 Å². The second-order valence-corrected chi connectivity index (χ2v) is 9.82. The summed E-state index contributed by atoms with van der Waals surface area (Å²) < 4.78 is 33.1. The molecule has 1 aliphatic heterocycles. The molecule has 3 aromatic rings. The van der Waals surface area contributed by atoms with E-state index in [0.717, 1.165) is 12.8 Å². The van der Waals surface area contributed by atoms with Crippen molar-refractivity contribution in [3.8, 4) is 5.69 Å². The Kier molecular flexibility index (Phi) is 6.71. The first kappa shape index (κ1) is 23.5. The summed E-state index contributed by atoms with van der Waals surface area (Å²) in [6, 6.07) is 15.7. The standard InChI is InChI=1S/C24H23N3O6S/c1-17-15-21(28)23(25-27(17)19-7-3-2-4-8-19)24(30)33-16-22(29)18-9-11-20(12-10-18)34(31,32)26-13-5-6-14-26/h2-4,7-12,15H,5-6,13-14,16H2,1H3. The van der Waals surface area contributed by atoms with Gasteiger partial charge >= 0.3 is 5.97 Å². The van der Waals surface area contributed by atoms with Crippen molar-refractivity contribution < 1.29 is 22.7 Å². The van der Waals surface area contributed by atoms with E-state index >= 15 is 0 Å². The van der Waals surface area contributed by atoms with Gasteiger partial charge < -0.3 is 4.74 Å². The molecule has 2 aromatic carbocycles. The van der Waals surface area contributed by atoms with Gasteiger partial charge in [-0.05, 0) is 56.2 Å². The van der Waals surface area contributed by atoms with Gasteiger partial charge in [-0.1, -0.05) is 18.2 Å². The van der Waals surface area contributed by atoms with Crippen molar-refractivity contribution in [3.63, 3.8) is 0 Å². The second kappa shape index (κ2) is 9.70. The lowest BCUT2D eigenvalue weighted by molar-refractivity contribution is 0.0465. The average Bonchev–Trinajstić information content (AvgIpc) is 3.39. The van der Waals surface area contributed by atoms with Gasteiger partial charge in [-0.15, -0.1) is 0 Å². The molecule has 34 heavy (non-hydrogen) atoms. The number of carbonyl (C=O) groups is 2. The molecular formula is C24H23N3O6S. The van der Waals surface area contributed by atoms with Gasteiger partial charge in [-0.25, -0.2) is 17.9 Å². The van der Waals surface area contributed by atoms with Gasteiger partial charge in [0.1, 0.15) is 0 Å². The Morgan fingerprint density at radius 2 is 1.65 bits per heavy atom. The highest BCUT2D eigenvalue weighted by molar-refractivity contribution is 7.89. The largest absolute Gasteiger partial charge is 0.452 e. The number of benzene rings is 2. The molecule has 0 saturated carbocycles. The summed E-state index contributed by atoms with van der Waals surface area (Å²) in [5, 5.41) is 4.12. The quantitative estimate of drug-likeness (QED) is 0.376. The van der Waals surface area contributed by atoms with Crippen molar-refractivity contribution in [2.75, 3.05) is 19.7 Å². The molecule has 1 aliphatic rings. The number of nitrogens with zero attached hydrogens (tertiary/aromatic N) is 3. The van der Waals surface area contributed by atoms with Crippen LogP contribution in [0.4, 0.5) is 0 Å².